The Morgan fingerprint density at radius 2 is 1.94 bits per heavy atom. The van der Waals surface area contributed by atoms with Crippen LogP contribution in [0.25, 0.3) is 0 Å². The van der Waals surface area contributed by atoms with Crippen LogP contribution in [0.15, 0.2) is 29.2 Å². The van der Waals surface area contributed by atoms with Crippen molar-refractivity contribution >= 4 is 21.6 Å². The molecule has 0 saturated heterocycles. The first-order chi connectivity index (χ1) is 7.60. The van der Waals surface area contributed by atoms with Crippen molar-refractivity contribution in [3.05, 3.63) is 24.3 Å². The predicted molar refractivity (Wildman–Crippen MR) is 63.5 cm³/mol. The molecular formula is C10H14ClNO3S. The Hall–Kier alpha value is -0.780. The van der Waals surface area contributed by atoms with E-state index in [2.05, 4.69) is 4.72 Å². The Morgan fingerprint density at radius 3 is 2.44 bits per heavy atom. The molecule has 6 heteroatoms. The Morgan fingerprint density at radius 1 is 1.31 bits per heavy atom. The van der Waals surface area contributed by atoms with Crippen LogP contribution in [-0.2, 0) is 10.0 Å². The summed E-state index contributed by atoms with van der Waals surface area (Å²) in [5.41, 5.74) is 0. The molecule has 16 heavy (non-hydrogen) atoms. The van der Waals surface area contributed by atoms with Gasteiger partial charge in [0, 0.05) is 5.88 Å². The van der Waals surface area contributed by atoms with Crippen molar-refractivity contribution in [1.82, 2.24) is 4.72 Å². The third-order valence-electron chi connectivity index (χ3n) is 1.95. The van der Waals surface area contributed by atoms with Gasteiger partial charge in [0.1, 0.15) is 5.75 Å². The van der Waals surface area contributed by atoms with Crippen LogP contribution in [0, 0.1) is 0 Å². The molecule has 0 saturated carbocycles. The fourth-order valence-corrected chi connectivity index (χ4v) is 1.92. The summed E-state index contributed by atoms with van der Waals surface area (Å²) >= 11 is 5.50. The third kappa shape index (κ3) is 3.66. The van der Waals surface area contributed by atoms with Crippen LogP contribution in [0.1, 0.15) is 6.42 Å². The largest absolute Gasteiger partial charge is 0.494 e. The minimum atomic E-state index is -3.37. The zero-order chi connectivity index (χ0) is 12.0. The molecule has 0 fully saturated rings. The van der Waals surface area contributed by atoms with Crippen molar-refractivity contribution < 1.29 is 13.2 Å². The first-order valence-corrected chi connectivity index (χ1v) is 6.84. The van der Waals surface area contributed by atoms with Gasteiger partial charge in [-0.15, -0.1) is 11.6 Å². The number of benzene rings is 1. The number of hydrogen-bond donors (Lipinski definition) is 1. The van der Waals surface area contributed by atoms with E-state index in [1.54, 1.807) is 12.1 Å². The summed E-state index contributed by atoms with van der Waals surface area (Å²) in [5, 5.41) is 0. The average molecular weight is 264 g/mol. The maximum Gasteiger partial charge on any atom is 0.240 e. The van der Waals surface area contributed by atoms with E-state index in [0.717, 1.165) is 6.42 Å². The van der Waals surface area contributed by atoms with Crippen molar-refractivity contribution in [3.8, 4) is 5.75 Å². The molecule has 0 spiro atoms. The van der Waals surface area contributed by atoms with Crippen LogP contribution in [0.3, 0.4) is 0 Å². The monoisotopic (exact) mass is 263 g/mol. The maximum atomic E-state index is 11.4. The van der Waals surface area contributed by atoms with Gasteiger partial charge in [0.25, 0.3) is 0 Å². The molecule has 1 aromatic rings. The molecule has 0 unspecified atom stereocenters. The Kier molecular flexibility index (Phi) is 5.05. The molecule has 0 bridgehead atoms. The number of rotatable bonds is 6. The van der Waals surface area contributed by atoms with E-state index >= 15 is 0 Å². The molecule has 0 aliphatic heterocycles. The SMILES string of the molecule is CNS(=O)(=O)c1ccc(OCCCCl)cc1. The molecule has 0 aliphatic rings. The molecule has 90 valence electrons. The van der Waals surface area contributed by atoms with Gasteiger partial charge in [0.05, 0.1) is 11.5 Å². The molecule has 0 atom stereocenters. The Bertz CT molecular complexity index is 416. The molecule has 1 rings (SSSR count). The van der Waals surface area contributed by atoms with E-state index in [-0.39, 0.29) is 4.90 Å². The Balaban J connectivity index is 2.68. The van der Waals surface area contributed by atoms with Gasteiger partial charge in [-0.3, -0.25) is 0 Å². The van der Waals surface area contributed by atoms with E-state index in [4.69, 9.17) is 16.3 Å². The third-order valence-corrected chi connectivity index (χ3v) is 3.65. The van der Waals surface area contributed by atoms with Crippen LogP contribution in [0.2, 0.25) is 0 Å². The summed E-state index contributed by atoms with van der Waals surface area (Å²) in [6.07, 6.45) is 0.762. The highest BCUT2D eigenvalue weighted by atomic mass is 35.5. The summed E-state index contributed by atoms with van der Waals surface area (Å²) in [7, 11) is -1.99. The second-order valence-corrected chi connectivity index (χ2v) is 5.33. The van der Waals surface area contributed by atoms with Crippen molar-refractivity contribution in [2.45, 2.75) is 11.3 Å². The van der Waals surface area contributed by atoms with E-state index in [1.807, 2.05) is 0 Å². The van der Waals surface area contributed by atoms with Crippen molar-refractivity contribution in [3.63, 3.8) is 0 Å². The molecule has 0 aromatic heterocycles. The van der Waals surface area contributed by atoms with Gasteiger partial charge in [-0.25, -0.2) is 13.1 Å². The lowest BCUT2D eigenvalue weighted by atomic mass is 10.3. The molecule has 4 nitrogen and oxygen atoms in total. The Labute approximate surface area is 101 Å². The minimum absolute atomic E-state index is 0.222. The lowest BCUT2D eigenvalue weighted by Gasteiger charge is -2.06. The molecule has 0 radical (unpaired) electrons. The fraction of sp³-hybridized carbons (Fsp3) is 0.400. The van der Waals surface area contributed by atoms with E-state index < -0.39 is 10.0 Å². The second-order valence-electron chi connectivity index (χ2n) is 3.07. The van der Waals surface area contributed by atoms with Gasteiger partial charge >= 0.3 is 0 Å². The van der Waals surface area contributed by atoms with Gasteiger partial charge in [-0.1, -0.05) is 0 Å². The average Bonchev–Trinajstić information content (AvgIpc) is 2.30. The summed E-state index contributed by atoms with van der Waals surface area (Å²) in [6.45, 7) is 0.529. The van der Waals surface area contributed by atoms with Gasteiger partial charge in [0.2, 0.25) is 10.0 Å². The first kappa shape index (κ1) is 13.3. The zero-order valence-electron chi connectivity index (χ0n) is 8.94. The number of halogens is 1. The highest BCUT2D eigenvalue weighted by Gasteiger charge is 2.10. The van der Waals surface area contributed by atoms with E-state index in [1.165, 1.54) is 19.2 Å². The van der Waals surface area contributed by atoms with Crippen molar-refractivity contribution in [2.24, 2.45) is 0 Å². The molecule has 0 amide bonds. The quantitative estimate of drug-likeness (QED) is 0.627. The molecule has 0 heterocycles. The van der Waals surface area contributed by atoms with Crippen LogP contribution >= 0.6 is 11.6 Å². The fourth-order valence-electron chi connectivity index (χ4n) is 1.08. The van der Waals surface area contributed by atoms with Gasteiger partial charge in [-0.2, -0.15) is 0 Å². The smallest absolute Gasteiger partial charge is 0.240 e. The minimum Gasteiger partial charge on any atom is -0.494 e. The van der Waals surface area contributed by atoms with Crippen LogP contribution < -0.4 is 9.46 Å². The van der Waals surface area contributed by atoms with Crippen LogP contribution in [0.5, 0.6) is 5.75 Å². The summed E-state index contributed by atoms with van der Waals surface area (Å²) in [5.74, 6) is 1.19. The number of ether oxygens (including phenoxy) is 1. The number of hydrogen-bond acceptors (Lipinski definition) is 3. The van der Waals surface area contributed by atoms with Crippen LogP contribution in [-0.4, -0.2) is 28.0 Å². The first-order valence-electron chi connectivity index (χ1n) is 4.82. The highest BCUT2D eigenvalue weighted by Crippen LogP contribution is 2.15. The highest BCUT2D eigenvalue weighted by molar-refractivity contribution is 7.89. The number of sulfonamides is 1. The topological polar surface area (TPSA) is 55.4 Å². The normalized spacial score (nSPS) is 11.4. The molecule has 1 aromatic carbocycles. The van der Waals surface area contributed by atoms with E-state index in [9.17, 15) is 8.42 Å². The molecular weight excluding hydrogens is 250 g/mol. The summed E-state index contributed by atoms with van der Waals surface area (Å²) < 4.78 is 30.4. The maximum absolute atomic E-state index is 11.4. The molecule has 1 N–H and O–H groups in total. The lowest BCUT2D eigenvalue weighted by Crippen LogP contribution is -2.18. The summed E-state index contributed by atoms with van der Waals surface area (Å²) in [4.78, 5) is 0.222. The van der Waals surface area contributed by atoms with Gasteiger partial charge in [-0.05, 0) is 37.7 Å². The van der Waals surface area contributed by atoms with Gasteiger partial charge < -0.3 is 4.74 Å². The second kappa shape index (κ2) is 6.08. The zero-order valence-corrected chi connectivity index (χ0v) is 10.5. The predicted octanol–water partition coefficient (Wildman–Crippen LogP) is 1.60. The lowest BCUT2D eigenvalue weighted by molar-refractivity contribution is 0.318. The molecule has 0 aliphatic carbocycles. The summed E-state index contributed by atoms with van der Waals surface area (Å²) in [6, 6.07) is 6.25. The van der Waals surface area contributed by atoms with E-state index in [0.29, 0.717) is 18.2 Å². The van der Waals surface area contributed by atoms with Crippen molar-refractivity contribution in [2.75, 3.05) is 19.5 Å². The van der Waals surface area contributed by atoms with Crippen LogP contribution in [0.4, 0.5) is 0 Å². The van der Waals surface area contributed by atoms with Crippen molar-refractivity contribution in [1.29, 1.82) is 0 Å². The standard InChI is InChI=1S/C10H14ClNO3S/c1-12-16(13,14)10-5-3-9(4-6-10)15-8-2-7-11/h3-6,12H,2,7-8H2,1H3. The number of nitrogens with one attached hydrogen (secondary N) is 1. The number of alkyl halides is 1. The van der Waals surface area contributed by atoms with Gasteiger partial charge in [0.15, 0.2) is 0 Å².